The molecule has 3 aromatic rings. The molecule has 0 saturated carbocycles. The molecule has 0 radical (unpaired) electrons. The summed E-state index contributed by atoms with van der Waals surface area (Å²) in [6.07, 6.45) is 3.69. The van der Waals surface area contributed by atoms with Crippen LogP contribution in [0.4, 0.5) is 5.82 Å². The van der Waals surface area contributed by atoms with Crippen LogP contribution in [0.1, 0.15) is 10.4 Å². The van der Waals surface area contributed by atoms with Gasteiger partial charge in [-0.3, -0.25) is 9.78 Å². The smallest absolute Gasteiger partial charge is 0.257 e. The van der Waals surface area contributed by atoms with Gasteiger partial charge in [-0.1, -0.05) is 36.4 Å². The number of carbonyl (C=O) groups is 1. The molecule has 0 spiro atoms. The Bertz CT molecular complexity index is 1090. The van der Waals surface area contributed by atoms with Gasteiger partial charge in [-0.05, 0) is 12.1 Å². The third-order valence-corrected chi connectivity index (χ3v) is 6.44. The highest BCUT2D eigenvalue weighted by molar-refractivity contribution is 5.98. The van der Waals surface area contributed by atoms with Crippen molar-refractivity contribution >= 4 is 11.7 Å². The number of benzene rings is 2. The van der Waals surface area contributed by atoms with Crippen LogP contribution in [0.25, 0.3) is 11.3 Å². The molecule has 2 aliphatic heterocycles. The Morgan fingerprint density at radius 1 is 0.875 bits per heavy atom. The summed E-state index contributed by atoms with van der Waals surface area (Å²) in [6, 6.07) is 15.5. The molecule has 2 aromatic carbocycles. The van der Waals surface area contributed by atoms with E-state index in [0.29, 0.717) is 28.9 Å². The van der Waals surface area contributed by atoms with Crippen molar-refractivity contribution in [3.63, 3.8) is 0 Å². The van der Waals surface area contributed by atoms with Gasteiger partial charge in [0.2, 0.25) is 0 Å². The largest absolute Gasteiger partial charge is 0.493 e. The summed E-state index contributed by atoms with van der Waals surface area (Å²) < 4.78 is 10.8. The molecule has 7 heteroatoms. The van der Waals surface area contributed by atoms with Crippen molar-refractivity contribution in [3.05, 3.63) is 66.5 Å². The number of fused-ring (bicyclic) bond motifs is 1. The highest BCUT2D eigenvalue weighted by Gasteiger charge is 2.42. The van der Waals surface area contributed by atoms with Gasteiger partial charge in [0, 0.05) is 43.6 Å². The number of amides is 1. The van der Waals surface area contributed by atoms with Crippen LogP contribution >= 0.6 is 0 Å². The minimum atomic E-state index is -0.00583. The number of aromatic nitrogens is 2. The Hall–Kier alpha value is -3.61. The van der Waals surface area contributed by atoms with Crippen molar-refractivity contribution < 1.29 is 14.3 Å². The van der Waals surface area contributed by atoms with E-state index in [-0.39, 0.29) is 5.91 Å². The minimum absolute atomic E-state index is 0.00583. The number of carbonyl (C=O) groups excluding carboxylic acids is 1. The van der Waals surface area contributed by atoms with Crippen LogP contribution in [0, 0.1) is 11.8 Å². The van der Waals surface area contributed by atoms with Gasteiger partial charge in [-0.15, -0.1) is 0 Å². The third kappa shape index (κ3) is 3.64. The normalized spacial score (nSPS) is 19.7. The Morgan fingerprint density at radius 2 is 1.62 bits per heavy atom. The summed E-state index contributed by atoms with van der Waals surface area (Å²) in [5, 5.41) is 0. The molecule has 2 atom stereocenters. The molecular weight excluding hydrogens is 404 g/mol. The van der Waals surface area contributed by atoms with Crippen molar-refractivity contribution in [1.82, 2.24) is 14.9 Å². The second-order valence-electron chi connectivity index (χ2n) is 8.30. The molecule has 0 bridgehead atoms. The average molecular weight is 431 g/mol. The van der Waals surface area contributed by atoms with Crippen LogP contribution in [0.3, 0.4) is 0 Å². The number of hydrogen-bond donors (Lipinski definition) is 0. The van der Waals surface area contributed by atoms with Gasteiger partial charge in [-0.25, -0.2) is 4.98 Å². The molecule has 1 amide bonds. The number of hydrogen-bond acceptors (Lipinski definition) is 6. The van der Waals surface area contributed by atoms with E-state index in [2.05, 4.69) is 14.9 Å². The first kappa shape index (κ1) is 20.3. The SMILES string of the molecule is COc1cccc(C(=O)N2CC3CN(c4cnc(-c5ccccc5)cn4)CC3C2)c1OC. The summed E-state index contributed by atoms with van der Waals surface area (Å²) in [5.74, 6) is 2.80. The summed E-state index contributed by atoms with van der Waals surface area (Å²) in [7, 11) is 3.14. The zero-order chi connectivity index (χ0) is 22.1. The summed E-state index contributed by atoms with van der Waals surface area (Å²) >= 11 is 0. The number of nitrogens with zero attached hydrogens (tertiary/aromatic N) is 4. The van der Waals surface area contributed by atoms with E-state index < -0.39 is 0 Å². The molecule has 1 aromatic heterocycles. The monoisotopic (exact) mass is 430 g/mol. The van der Waals surface area contributed by atoms with Gasteiger partial charge in [0.25, 0.3) is 5.91 Å². The standard InChI is InChI=1S/C25H26N4O3/c1-31-22-10-6-9-20(24(22)32-2)25(30)29-15-18-13-28(14-19(18)16-29)23-12-26-21(11-27-23)17-7-4-3-5-8-17/h3-12,18-19H,13-16H2,1-2H3. The average Bonchev–Trinajstić information content (AvgIpc) is 3.43. The molecule has 3 heterocycles. The molecule has 2 unspecified atom stereocenters. The van der Waals surface area contributed by atoms with E-state index in [9.17, 15) is 4.79 Å². The molecule has 2 saturated heterocycles. The fourth-order valence-electron chi connectivity index (χ4n) is 4.81. The lowest BCUT2D eigenvalue weighted by atomic mass is 10.0. The zero-order valence-corrected chi connectivity index (χ0v) is 18.3. The number of para-hydroxylation sites is 1. The van der Waals surface area contributed by atoms with Crippen molar-refractivity contribution in [2.45, 2.75) is 0 Å². The lowest BCUT2D eigenvalue weighted by Gasteiger charge is -2.23. The molecule has 164 valence electrons. The van der Waals surface area contributed by atoms with Gasteiger partial charge < -0.3 is 19.3 Å². The van der Waals surface area contributed by atoms with Gasteiger partial charge in [0.1, 0.15) is 5.82 Å². The van der Waals surface area contributed by atoms with Gasteiger partial charge >= 0.3 is 0 Å². The Morgan fingerprint density at radius 3 is 2.25 bits per heavy atom. The maximum Gasteiger partial charge on any atom is 0.257 e. The lowest BCUT2D eigenvalue weighted by molar-refractivity contribution is 0.0778. The van der Waals surface area contributed by atoms with Gasteiger partial charge in [-0.2, -0.15) is 0 Å². The van der Waals surface area contributed by atoms with E-state index in [4.69, 9.17) is 9.47 Å². The van der Waals surface area contributed by atoms with Crippen LogP contribution in [0.2, 0.25) is 0 Å². The molecule has 32 heavy (non-hydrogen) atoms. The first-order valence-electron chi connectivity index (χ1n) is 10.8. The molecule has 2 fully saturated rings. The van der Waals surface area contributed by atoms with Crippen LogP contribution < -0.4 is 14.4 Å². The Balaban J connectivity index is 1.25. The second-order valence-corrected chi connectivity index (χ2v) is 8.30. The first-order chi connectivity index (χ1) is 15.7. The molecule has 0 aliphatic carbocycles. The van der Waals surface area contributed by atoms with E-state index in [1.165, 1.54) is 0 Å². The van der Waals surface area contributed by atoms with Crippen molar-refractivity contribution in [1.29, 1.82) is 0 Å². The first-order valence-corrected chi connectivity index (χ1v) is 10.8. The fraction of sp³-hybridized carbons (Fsp3) is 0.320. The third-order valence-electron chi connectivity index (χ3n) is 6.44. The maximum absolute atomic E-state index is 13.2. The molecule has 5 rings (SSSR count). The predicted octanol–water partition coefficient (Wildman–Crippen LogP) is 3.37. The van der Waals surface area contributed by atoms with E-state index in [0.717, 1.165) is 43.3 Å². The summed E-state index contributed by atoms with van der Waals surface area (Å²) in [4.78, 5) is 26.7. The van der Waals surface area contributed by atoms with Crippen LogP contribution in [0.5, 0.6) is 11.5 Å². The second kappa shape index (κ2) is 8.49. The minimum Gasteiger partial charge on any atom is -0.493 e. The highest BCUT2D eigenvalue weighted by Crippen LogP contribution is 2.36. The number of likely N-dealkylation sites (tertiary alicyclic amines) is 1. The maximum atomic E-state index is 13.2. The number of ether oxygens (including phenoxy) is 2. The number of rotatable bonds is 5. The van der Waals surface area contributed by atoms with Crippen LogP contribution in [-0.2, 0) is 0 Å². The quantitative estimate of drug-likeness (QED) is 0.618. The molecule has 7 nitrogen and oxygen atoms in total. The Kier molecular flexibility index (Phi) is 5.39. The number of methoxy groups -OCH3 is 2. The van der Waals surface area contributed by atoms with Crippen molar-refractivity contribution in [2.75, 3.05) is 45.3 Å². The van der Waals surface area contributed by atoms with E-state index in [1.54, 1.807) is 26.4 Å². The van der Waals surface area contributed by atoms with Crippen molar-refractivity contribution in [2.24, 2.45) is 11.8 Å². The van der Waals surface area contributed by atoms with Crippen LogP contribution in [-0.4, -0.2) is 61.2 Å². The predicted molar refractivity (Wildman–Crippen MR) is 122 cm³/mol. The molecule has 0 N–H and O–H groups in total. The van der Waals surface area contributed by atoms with Crippen molar-refractivity contribution in [3.8, 4) is 22.8 Å². The number of anilines is 1. The van der Waals surface area contributed by atoms with Gasteiger partial charge in [0.05, 0.1) is 37.9 Å². The summed E-state index contributed by atoms with van der Waals surface area (Å²) in [6.45, 7) is 3.22. The topological polar surface area (TPSA) is 67.8 Å². The Labute approximate surface area is 187 Å². The van der Waals surface area contributed by atoms with E-state index >= 15 is 0 Å². The lowest BCUT2D eigenvalue weighted by Crippen LogP contribution is -2.33. The zero-order valence-electron chi connectivity index (χ0n) is 18.3. The molecular formula is C25H26N4O3. The van der Waals surface area contributed by atoms with E-state index in [1.807, 2.05) is 53.7 Å². The fourth-order valence-corrected chi connectivity index (χ4v) is 4.81. The van der Waals surface area contributed by atoms with Crippen LogP contribution in [0.15, 0.2) is 60.9 Å². The van der Waals surface area contributed by atoms with Gasteiger partial charge in [0.15, 0.2) is 11.5 Å². The molecule has 2 aliphatic rings. The summed E-state index contributed by atoms with van der Waals surface area (Å²) in [5.41, 5.74) is 2.48. The highest BCUT2D eigenvalue weighted by atomic mass is 16.5.